The number of nitrogens with one attached hydrogen (secondary N) is 3. The summed E-state index contributed by atoms with van der Waals surface area (Å²) in [5.74, 6) is -1.84. The molecule has 5 amide bonds. The van der Waals surface area contributed by atoms with Crippen LogP contribution in [0, 0.1) is 0 Å². The van der Waals surface area contributed by atoms with Gasteiger partial charge in [-0.3, -0.25) is 19.3 Å². The maximum Gasteiger partial charge on any atom is 0.411 e. The van der Waals surface area contributed by atoms with E-state index in [-0.39, 0.29) is 32.4 Å². The van der Waals surface area contributed by atoms with Gasteiger partial charge < -0.3 is 31.2 Å². The van der Waals surface area contributed by atoms with E-state index in [9.17, 15) is 24.0 Å². The molecule has 0 spiro atoms. The Balaban J connectivity index is 1.39. The number of amides is 5. The average Bonchev–Trinajstić information content (AvgIpc) is 3.09. The molecule has 0 aromatic heterocycles. The summed E-state index contributed by atoms with van der Waals surface area (Å²) in [5.41, 5.74) is 8.37. The smallest absolute Gasteiger partial charge is 0.411 e. The van der Waals surface area contributed by atoms with Crippen LogP contribution in [-0.2, 0) is 49.9 Å². The van der Waals surface area contributed by atoms with Crippen LogP contribution in [-0.4, -0.2) is 65.1 Å². The third kappa shape index (κ3) is 11.6. The first-order chi connectivity index (χ1) is 23.9. The number of hydrogen-bond acceptors (Lipinski definition) is 7. The molecule has 0 saturated heterocycles. The van der Waals surface area contributed by atoms with Gasteiger partial charge in [0.2, 0.25) is 17.7 Å². The predicted octanol–water partition coefficient (Wildman–Crippen LogP) is 4.14. The molecule has 266 valence electrons. The minimum absolute atomic E-state index is 0.134. The Morgan fingerprint density at radius 1 is 0.820 bits per heavy atom. The molecule has 50 heavy (non-hydrogen) atoms. The number of unbranched alkanes of at least 4 members (excludes halogenated alkanes) is 1. The lowest BCUT2D eigenvalue weighted by atomic mass is 9.93. The number of ether oxygens (including phenoxy) is 2. The molecule has 5 N–H and O–H groups in total. The summed E-state index contributed by atoms with van der Waals surface area (Å²) in [5, 5.41) is 8.25. The summed E-state index contributed by atoms with van der Waals surface area (Å²) in [6.45, 7) is 5.89. The van der Waals surface area contributed by atoms with Crippen LogP contribution in [0.2, 0.25) is 0 Å². The van der Waals surface area contributed by atoms with Crippen LogP contribution in [0.5, 0.6) is 0 Å². The minimum Gasteiger partial charge on any atom is -0.445 e. The Morgan fingerprint density at radius 3 is 2.08 bits per heavy atom. The largest absolute Gasteiger partial charge is 0.445 e. The van der Waals surface area contributed by atoms with E-state index in [2.05, 4.69) is 16.0 Å². The molecule has 1 aliphatic heterocycles. The molecular formula is C38H47N5O7. The van der Waals surface area contributed by atoms with E-state index < -0.39 is 53.6 Å². The second-order valence-electron chi connectivity index (χ2n) is 13.3. The molecule has 1 heterocycles. The van der Waals surface area contributed by atoms with Gasteiger partial charge in [0.25, 0.3) is 0 Å². The molecule has 0 fully saturated rings. The molecule has 0 radical (unpaired) electrons. The van der Waals surface area contributed by atoms with Gasteiger partial charge in [-0.1, -0.05) is 84.9 Å². The third-order valence-electron chi connectivity index (χ3n) is 8.16. The van der Waals surface area contributed by atoms with E-state index in [1.807, 2.05) is 84.9 Å². The van der Waals surface area contributed by atoms with Crippen molar-refractivity contribution in [1.29, 1.82) is 0 Å². The summed E-state index contributed by atoms with van der Waals surface area (Å²) in [6, 6.07) is 23.0. The maximum atomic E-state index is 14.0. The molecule has 0 saturated carbocycles. The molecule has 12 heteroatoms. The van der Waals surface area contributed by atoms with E-state index in [1.54, 1.807) is 20.8 Å². The van der Waals surface area contributed by atoms with Crippen LogP contribution >= 0.6 is 0 Å². The Hall–Kier alpha value is -5.39. The summed E-state index contributed by atoms with van der Waals surface area (Å²) in [6.07, 6.45) is 0.374. The lowest BCUT2D eigenvalue weighted by Crippen LogP contribution is -2.59. The van der Waals surface area contributed by atoms with Crippen LogP contribution in [0.25, 0.3) is 0 Å². The number of fused-ring (bicyclic) bond motifs is 1. The number of nitrogens with zero attached hydrogens (tertiary/aromatic N) is 1. The number of alkyl carbamates (subject to hydrolysis) is 1. The fourth-order valence-electron chi connectivity index (χ4n) is 5.59. The van der Waals surface area contributed by atoms with Crippen molar-refractivity contribution < 1.29 is 33.4 Å². The molecule has 12 nitrogen and oxygen atoms in total. The number of benzene rings is 3. The lowest BCUT2D eigenvalue weighted by Gasteiger charge is -2.37. The summed E-state index contributed by atoms with van der Waals surface area (Å²) in [4.78, 5) is 66.8. The minimum atomic E-state index is -1.08. The van der Waals surface area contributed by atoms with Crippen LogP contribution in [0.3, 0.4) is 0 Å². The highest BCUT2D eigenvalue weighted by molar-refractivity contribution is 5.94. The van der Waals surface area contributed by atoms with Gasteiger partial charge in [0, 0.05) is 19.4 Å². The van der Waals surface area contributed by atoms with Crippen molar-refractivity contribution in [3.8, 4) is 0 Å². The average molecular weight is 686 g/mol. The Labute approximate surface area is 293 Å². The number of carbonyl (C=O) groups excluding carboxylic acids is 5. The topological polar surface area (TPSA) is 169 Å². The number of primary amides is 1. The van der Waals surface area contributed by atoms with Gasteiger partial charge >= 0.3 is 12.2 Å². The second kappa shape index (κ2) is 17.8. The van der Waals surface area contributed by atoms with Gasteiger partial charge in [-0.05, 0) is 62.3 Å². The van der Waals surface area contributed by atoms with E-state index in [1.165, 1.54) is 4.90 Å². The number of nitrogens with two attached hydrogens (primary N) is 1. The van der Waals surface area contributed by atoms with Gasteiger partial charge in [-0.15, -0.1) is 0 Å². The molecule has 0 bridgehead atoms. The summed E-state index contributed by atoms with van der Waals surface area (Å²) < 4.78 is 10.9. The molecule has 3 aromatic rings. The van der Waals surface area contributed by atoms with Gasteiger partial charge in [0.15, 0.2) is 0 Å². The van der Waals surface area contributed by atoms with E-state index >= 15 is 0 Å². The van der Waals surface area contributed by atoms with Gasteiger partial charge in [0.05, 0.1) is 6.54 Å². The quantitative estimate of drug-likeness (QED) is 0.185. The lowest BCUT2D eigenvalue weighted by molar-refractivity contribution is -0.133. The fraction of sp³-hybridized carbons (Fsp3) is 0.395. The molecule has 3 aromatic carbocycles. The van der Waals surface area contributed by atoms with Crippen molar-refractivity contribution in [2.75, 3.05) is 6.54 Å². The monoisotopic (exact) mass is 685 g/mol. The van der Waals surface area contributed by atoms with Crippen molar-refractivity contribution in [2.24, 2.45) is 5.73 Å². The summed E-state index contributed by atoms with van der Waals surface area (Å²) >= 11 is 0. The SMILES string of the molecule is CC(C)(C)OC(=O)N1Cc2ccccc2C[C@H]1C(=O)N[C@@H](Cc1ccccc1)C(=O)N[C@@H](CCCCNC(=O)OCc1ccccc1)C(N)=O. The molecule has 0 aliphatic carbocycles. The second-order valence-corrected chi connectivity index (χ2v) is 13.3. The molecule has 4 rings (SSSR count). The number of carbonyl (C=O) groups is 5. The van der Waals surface area contributed by atoms with Crippen molar-refractivity contribution in [3.05, 3.63) is 107 Å². The van der Waals surface area contributed by atoms with Gasteiger partial charge in [-0.2, -0.15) is 0 Å². The molecule has 1 aliphatic rings. The third-order valence-corrected chi connectivity index (χ3v) is 8.16. The summed E-state index contributed by atoms with van der Waals surface area (Å²) in [7, 11) is 0. The van der Waals surface area contributed by atoms with Crippen molar-refractivity contribution >= 4 is 29.9 Å². The normalized spacial score (nSPS) is 15.1. The highest BCUT2D eigenvalue weighted by Crippen LogP contribution is 2.26. The Bertz CT molecular complexity index is 1610. The first-order valence-corrected chi connectivity index (χ1v) is 16.8. The number of rotatable bonds is 14. The zero-order valence-electron chi connectivity index (χ0n) is 28.9. The van der Waals surface area contributed by atoms with Gasteiger partial charge in [-0.25, -0.2) is 9.59 Å². The Kier molecular flexibility index (Phi) is 13.4. The van der Waals surface area contributed by atoms with Crippen LogP contribution in [0.4, 0.5) is 9.59 Å². The van der Waals surface area contributed by atoms with Crippen LogP contribution < -0.4 is 21.7 Å². The van der Waals surface area contributed by atoms with Crippen LogP contribution in [0.1, 0.15) is 62.3 Å². The van der Waals surface area contributed by atoms with Gasteiger partial charge in [0.1, 0.15) is 30.3 Å². The fourth-order valence-corrected chi connectivity index (χ4v) is 5.59. The zero-order valence-corrected chi connectivity index (χ0v) is 28.9. The predicted molar refractivity (Wildman–Crippen MR) is 187 cm³/mol. The van der Waals surface area contributed by atoms with Crippen LogP contribution in [0.15, 0.2) is 84.9 Å². The Morgan fingerprint density at radius 2 is 1.44 bits per heavy atom. The molecule has 0 unspecified atom stereocenters. The van der Waals surface area contributed by atoms with Crippen molar-refractivity contribution in [2.45, 2.75) is 89.8 Å². The number of hydrogen-bond donors (Lipinski definition) is 4. The first-order valence-electron chi connectivity index (χ1n) is 16.8. The van der Waals surface area contributed by atoms with E-state index in [4.69, 9.17) is 15.2 Å². The highest BCUT2D eigenvalue weighted by Gasteiger charge is 2.38. The van der Waals surface area contributed by atoms with Crippen molar-refractivity contribution in [3.63, 3.8) is 0 Å². The van der Waals surface area contributed by atoms with E-state index in [0.29, 0.717) is 19.4 Å². The highest BCUT2D eigenvalue weighted by atomic mass is 16.6. The standard InChI is InChI=1S/C38H47N5O7/c1-38(2,3)50-37(48)43-24-29-19-11-10-18-28(29)23-32(43)35(46)42-31(22-26-14-6-4-7-15-26)34(45)41-30(33(39)44)20-12-13-21-40-36(47)49-25-27-16-8-5-9-17-27/h4-11,14-19,30-32H,12-13,20-25H2,1-3H3,(H2,39,44)(H,40,47)(H,41,45)(H,42,46)/t30-,31-,32-/m0/s1. The molecule has 3 atom stereocenters. The maximum absolute atomic E-state index is 14.0. The van der Waals surface area contributed by atoms with E-state index in [0.717, 1.165) is 22.3 Å². The first kappa shape index (κ1) is 37.4. The molecular weight excluding hydrogens is 638 g/mol. The zero-order chi connectivity index (χ0) is 36.1. The van der Waals surface area contributed by atoms with Crippen molar-refractivity contribution in [1.82, 2.24) is 20.9 Å².